The van der Waals surface area contributed by atoms with Gasteiger partial charge in [-0.05, 0) is 48.8 Å². The molecule has 0 unspecified atom stereocenters. The van der Waals surface area contributed by atoms with Crippen LogP contribution in [0.1, 0.15) is 37.7 Å². The first kappa shape index (κ1) is 21.6. The Morgan fingerprint density at radius 1 is 1.15 bits per heavy atom. The van der Waals surface area contributed by atoms with Crippen molar-refractivity contribution in [1.82, 2.24) is 19.9 Å². The summed E-state index contributed by atoms with van der Waals surface area (Å²) in [5, 5.41) is 26.8. The zero-order valence-electron chi connectivity index (χ0n) is 18.9. The summed E-state index contributed by atoms with van der Waals surface area (Å²) in [7, 11) is 1.71. The monoisotopic (exact) mass is 477 g/mol. The van der Waals surface area contributed by atoms with Crippen LogP contribution in [0.5, 0.6) is 0 Å². The van der Waals surface area contributed by atoms with Crippen LogP contribution in [0.2, 0.25) is 0 Å². The van der Waals surface area contributed by atoms with Gasteiger partial charge in [-0.25, -0.2) is 15.0 Å². The zero-order chi connectivity index (χ0) is 23.5. The summed E-state index contributed by atoms with van der Waals surface area (Å²) in [5.74, 6) is 0.330. The van der Waals surface area contributed by atoms with Crippen LogP contribution in [0.25, 0.3) is 22.0 Å². The van der Waals surface area contributed by atoms with E-state index in [1.807, 2.05) is 29.6 Å². The standard InChI is InChI=1S/C25H27N5O3S/c1-30-8-6-25(33,22(30)32)16-4-2-3-15(9-16)21-28-20(14-34-21)19-5-7-26-23(29-19)27-17-10-24(11-17)12-18(31)13-24/h2-5,7,9,14,17-18,31,33H,6,8,10-13H2,1H3,(H,26,27,29)/t17?,18?,24?,25-/m1/s1. The van der Waals surface area contributed by atoms with Crippen molar-refractivity contribution in [2.45, 2.75) is 49.9 Å². The van der Waals surface area contributed by atoms with E-state index in [9.17, 15) is 15.0 Å². The second-order valence-corrected chi connectivity index (χ2v) is 10.9. The molecule has 3 aromatic rings. The van der Waals surface area contributed by atoms with E-state index >= 15 is 0 Å². The van der Waals surface area contributed by atoms with Gasteiger partial charge in [0.1, 0.15) is 10.7 Å². The number of nitrogens with one attached hydrogen (secondary N) is 1. The highest BCUT2D eigenvalue weighted by Gasteiger charge is 2.52. The first-order valence-electron chi connectivity index (χ1n) is 11.7. The number of rotatable bonds is 5. The maximum absolute atomic E-state index is 12.5. The number of benzene rings is 1. The molecule has 0 bridgehead atoms. The molecule has 0 radical (unpaired) electrons. The molecule has 1 atom stereocenters. The first-order chi connectivity index (χ1) is 16.3. The molecule has 3 N–H and O–H groups in total. The number of thiazole rings is 1. The lowest BCUT2D eigenvalue weighted by atomic mass is 9.53. The highest BCUT2D eigenvalue weighted by atomic mass is 32.1. The number of nitrogens with zero attached hydrogens (tertiary/aromatic N) is 4. The minimum absolute atomic E-state index is 0.122. The average Bonchev–Trinajstić information content (AvgIpc) is 3.39. The summed E-state index contributed by atoms with van der Waals surface area (Å²) < 4.78 is 0. The number of likely N-dealkylation sites (N-methyl/N-ethyl adjacent to an activating group) is 1. The van der Waals surface area contributed by atoms with Crippen LogP contribution in [-0.2, 0) is 10.4 Å². The van der Waals surface area contributed by atoms with Crippen LogP contribution in [-0.4, -0.2) is 61.7 Å². The van der Waals surface area contributed by atoms with Gasteiger partial charge in [0, 0.05) is 43.2 Å². The van der Waals surface area contributed by atoms with Crippen molar-refractivity contribution in [1.29, 1.82) is 0 Å². The van der Waals surface area contributed by atoms with Crippen LogP contribution in [0, 0.1) is 5.41 Å². The van der Waals surface area contributed by atoms with E-state index in [2.05, 4.69) is 15.3 Å². The van der Waals surface area contributed by atoms with Gasteiger partial charge in [-0.2, -0.15) is 0 Å². The lowest BCUT2D eigenvalue weighted by Crippen LogP contribution is -2.54. The third-order valence-electron chi connectivity index (χ3n) is 7.55. The molecule has 34 heavy (non-hydrogen) atoms. The van der Waals surface area contributed by atoms with Crippen LogP contribution in [0.15, 0.2) is 41.9 Å². The number of carbonyl (C=O) groups excluding carboxylic acids is 1. The summed E-state index contributed by atoms with van der Waals surface area (Å²) >= 11 is 1.50. The van der Waals surface area contributed by atoms with Crippen LogP contribution in [0.3, 0.4) is 0 Å². The topological polar surface area (TPSA) is 111 Å². The Morgan fingerprint density at radius 2 is 1.97 bits per heavy atom. The van der Waals surface area contributed by atoms with Gasteiger partial charge < -0.3 is 20.4 Å². The molecule has 1 aromatic carbocycles. The Morgan fingerprint density at radius 3 is 2.71 bits per heavy atom. The quantitative estimate of drug-likeness (QED) is 0.518. The number of anilines is 1. The molecule has 3 aliphatic rings. The van der Waals surface area contributed by atoms with Gasteiger partial charge in [0.2, 0.25) is 5.95 Å². The van der Waals surface area contributed by atoms with Crippen LogP contribution < -0.4 is 5.32 Å². The Balaban J connectivity index is 1.18. The molecule has 3 heterocycles. The molecule has 1 saturated heterocycles. The number of aromatic nitrogens is 3. The summed E-state index contributed by atoms with van der Waals surface area (Å²) in [4.78, 5) is 27.9. The molecule has 1 spiro atoms. The van der Waals surface area contributed by atoms with Crippen molar-refractivity contribution >= 4 is 23.2 Å². The Bertz CT molecular complexity index is 1250. The molecule has 8 nitrogen and oxygen atoms in total. The Kier molecular flexibility index (Phi) is 4.98. The largest absolute Gasteiger partial charge is 0.393 e. The molecule has 2 aliphatic carbocycles. The fourth-order valence-electron chi connectivity index (χ4n) is 5.67. The van der Waals surface area contributed by atoms with Gasteiger partial charge in [-0.3, -0.25) is 4.79 Å². The minimum atomic E-state index is -1.48. The van der Waals surface area contributed by atoms with Crippen molar-refractivity contribution in [3.05, 3.63) is 47.5 Å². The van der Waals surface area contributed by atoms with Crippen LogP contribution >= 0.6 is 11.3 Å². The lowest BCUT2D eigenvalue weighted by molar-refractivity contribution is -0.143. The molecule has 6 rings (SSSR count). The third-order valence-corrected chi connectivity index (χ3v) is 8.44. The maximum Gasteiger partial charge on any atom is 0.258 e. The fraction of sp³-hybridized carbons (Fsp3) is 0.440. The highest BCUT2D eigenvalue weighted by molar-refractivity contribution is 7.13. The van der Waals surface area contributed by atoms with Crippen LogP contribution in [0.4, 0.5) is 5.95 Å². The normalized spacial score (nSPS) is 30.3. The van der Waals surface area contributed by atoms with Gasteiger partial charge in [0.25, 0.3) is 5.91 Å². The summed E-state index contributed by atoms with van der Waals surface area (Å²) in [6.45, 7) is 0.537. The molecular formula is C25H27N5O3S. The lowest BCUT2D eigenvalue weighted by Gasteiger charge is -2.56. The van der Waals surface area contributed by atoms with E-state index in [0.717, 1.165) is 47.6 Å². The second kappa shape index (κ2) is 7.83. The van der Waals surface area contributed by atoms with Gasteiger partial charge in [-0.15, -0.1) is 11.3 Å². The maximum atomic E-state index is 12.5. The first-order valence-corrected chi connectivity index (χ1v) is 12.5. The number of aliphatic hydroxyl groups excluding tert-OH is 1. The predicted molar refractivity (Wildman–Crippen MR) is 129 cm³/mol. The second-order valence-electron chi connectivity index (χ2n) is 10.0. The van der Waals surface area contributed by atoms with E-state index in [-0.39, 0.29) is 12.0 Å². The van der Waals surface area contributed by atoms with E-state index < -0.39 is 5.60 Å². The fourth-order valence-corrected chi connectivity index (χ4v) is 6.48. The number of amides is 1. The molecule has 1 aliphatic heterocycles. The smallest absolute Gasteiger partial charge is 0.258 e. The van der Waals surface area contributed by atoms with E-state index in [0.29, 0.717) is 35.9 Å². The van der Waals surface area contributed by atoms with Gasteiger partial charge in [0.15, 0.2) is 5.60 Å². The number of aliphatic hydroxyl groups is 2. The minimum Gasteiger partial charge on any atom is -0.393 e. The predicted octanol–water partition coefficient (Wildman–Crippen LogP) is 3.03. The third kappa shape index (κ3) is 3.59. The zero-order valence-corrected chi connectivity index (χ0v) is 19.8. The summed E-state index contributed by atoms with van der Waals surface area (Å²) in [6, 6.07) is 9.65. The molecular weight excluding hydrogens is 450 g/mol. The summed E-state index contributed by atoms with van der Waals surface area (Å²) in [6.07, 6.45) is 5.94. The van der Waals surface area contributed by atoms with E-state index in [1.165, 1.54) is 11.3 Å². The van der Waals surface area contributed by atoms with E-state index in [1.54, 1.807) is 24.2 Å². The number of likely N-dealkylation sites (tertiary alicyclic amines) is 1. The van der Waals surface area contributed by atoms with E-state index in [4.69, 9.17) is 4.98 Å². The van der Waals surface area contributed by atoms with Crippen molar-refractivity contribution < 1.29 is 15.0 Å². The Hall–Kier alpha value is -2.88. The SMILES string of the molecule is CN1CC[C@@](O)(c2cccc(-c3nc(-c4ccnc(NC5CC6(CC(O)C6)C5)n4)cs3)c2)C1=O. The number of hydrogen-bond donors (Lipinski definition) is 3. The molecule has 176 valence electrons. The number of hydrogen-bond acceptors (Lipinski definition) is 8. The molecule has 2 aromatic heterocycles. The van der Waals surface area contributed by atoms with Gasteiger partial charge >= 0.3 is 0 Å². The van der Waals surface area contributed by atoms with Crippen molar-refractivity contribution in [2.24, 2.45) is 5.41 Å². The molecule has 2 saturated carbocycles. The molecule has 1 amide bonds. The van der Waals surface area contributed by atoms with Gasteiger partial charge in [-0.1, -0.05) is 18.2 Å². The average molecular weight is 478 g/mol. The van der Waals surface area contributed by atoms with Gasteiger partial charge in [0.05, 0.1) is 11.8 Å². The van der Waals surface area contributed by atoms with Crippen molar-refractivity contribution in [2.75, 3.05) is 18.9 Å². The Labute approximate surface area is 201 Å². The molecule has 3 fully saturated rings. The van der Waals surface area contributed by atoms with Crippen molar-refractivity contribution in [3.8, 4) is 22.0 Å². The summed E-state index contributed by atoms with van der Waals surface area (Å²) in [5.41, 5.74) is 1.82. The molecule has 9 heteroatoms. The van der Waals surface area contributed by atoms with Crippen molar-refractivity contribution in [3.63, 3.8) is 0 Å². The number of carbonyl (C=O) groups is 1. The highest BCUT2D eigenvalue weighted by Crippen LogP contribution is 2.56.